The molecule has 0 bridgehead atoms. The molecule has 0 fully saturated rings. The summed E-state index contributed by atoms with van der Waals surface area (Å²) in [5.41, 5.74) is 5.37. The van der Waals surface area contributed by atoms with Crippen LogP contribution in [0.1, 0.15) is 25.7 Å². The van der Waals surface area contributed by atoms with Crippen molar-refractivity contribution < 1.29 is 13.9 Å². The highest BCUT2D eigenvalue weighted by atomic mass is 19.1. The Balaban J connectivity index is 2.05. The van der Waals surface area contributed by atoms with E-state index in [0.29, 0.717) is 31.9 Å². The first kappa shape index (κ1) is 15.4. The van der Waals surface area contributed by atoms with E-state index in [4.69, 9.17) is 10.5 Å². The van der Waals surface area contributed by atoms with Crippen LogP contribution in [0.15, 0.2) is 24.3 Å². The quantitative estimate of drug-likeness (QED) is 0.672. The topological polar surface area (TPSA) is 64.4 Å². The smallest absolute Gasteiger partial charge is 0.220 e. The third kappa shape index (κ3) is 7.41. The van der Waals surface area contributed by atoms with Crippen LogP contribution in [0.5, 0.6) is 5.75 Å². The molecule has 3 N–H and O–H groups in total. The van der Waals surface area contributed by atoms with E-state index in [0.717, 1.165) is 19.3 Å². The van der Waals surface area contributed by atoms with Crippen LogP contribution in [0, 0.1) is 5.82 Å². The van der Waals surface area contributed by atoms with Crippen molar-refractivity contribution in [3.05, 3.63) is 30.1 Å². The molecule has 0 aliphatic carbocycles. The van der Waals surface area contributed by atoms with E-state index < -0.39 is 0 Å². The van der Waals surface area contributed by atoms with E-state index in [1.165, 1.54) is 12.1 Å². The van der Waals surface area contributed by atoms with E-state index in [1.54, 1.807) is 12.1 Å². The van der Waals surface area contributed by atoms with Crippen molar-refractivity contribution >= 4 is 5.91 Å². The Labute approximate surface area is 113 Å². The molecule has 1 rings (SSSR count). The molecule has 1 aromatic rings. The molecule has 0 saturated heterocycles. The van der Waals surface area contributed by atoms with Gasteiger partial charge < -0.3 is 15.8 Å². The first-order chi connectivity index (χ1) is 9.22. The van der Waals surface area contributed by atoms with Crippen molar-refractivity contribution in [2.24, 2.45) is 5.73 Å². The van der Waals surface area contributed by atoms with Gasteiger partial charge in [-0.15, -0.1) is 0 Å². The third-order valence-corrected chi connectivity index (χ3v) is 2.60. The molecule has 19 heavy (non-hydrogen) atoms. The molecule has 0 aliphatic heterocycles. The largest absolute Gasteiger partial charge is 0.492 e. The third-order valence-electron chi connectivity index (χ3n) is 2.60. The average molecular weight is 268 g/mol. The van der Waals surface area contributed by atoms with Gasteiger partial charge in [0.25, 0.3) is 0 Å². The van der Waals surface area contributed by atoms with Gasteiger partial charge in [0.2, 0.25) is 5.91 Å². The van der Waals surface area contributed by atoms with Crippen molar-refractivity contribution in [2.45, 2.75) is 25.7 Å². The van der Waals surface area contributed by atoms with Crippen LogP contribution < -0.4 is 15.8 Å². The van der Waals surface area contributed by atoms with Gasteiger partial charge in [-0.3, -0.25) is 4.79 Å². The van der Waals surface area contributed by atoms with Crippen LogP contribution in [0.4, 0.5) is 4.39 Å². The van der Waals surface area contributed by atoms with Crippen LogP contribution >= 0.6 is 0 Å². The van der Waals surface area contributed by atoms with E-state index in [2.05, 4.69) is 5.32 Å². The van der Waals surface area contributed by atoms with Crippen LogP contribution in [0.3, 0.4) is 0 Å². The fourth-order valence-electron chi connectivity index (χ4n) is 1.61. The Morgan fingerprint density at radius 3 is 2.89 bits per heavy atom. The second-order valence-corrected chi connectivity index (χ2v) is 4.26. The average Bonchev–Trinajstić information content (AvgIpc) is 2.40. The molecule has 0 unspecified atom stereocenters. The normalized spacial score (nSPS) is 10.2. The molecule has 106 valence electrons. The van der Waals surface area contributed by atoms with Crippen molar-refractivity contribution in [3.63, 3.8) is 0 Å². The lowest BCUT2D eigenvalue weighted by molar-refractivity contribution is -0.121. The predicted octanol–water partition coefficient (Wildman–Crippen LogP) is 1.84. The van der Waals surface area contributed by atoms with Gasteiger partial charge in [0.15, 0.2) is 0 Å². The number of halogens is 1. The molecule has 0 heterocycles. The molecule has 0 radical (unpaired) electrons. The molecule has 5 heteroatoms. The Morgan fingerprint density at radius 1 is 1.32 bits per heavy atom. The maximum atomic E-state index is 12.8. The minimum Gasteiger partial charge on any atom is -0.492 e. The number of hydrogen-bond acceptors (Lipinski definition) is 3. The Bertz CT molecular complexity index is 385. The lowest BCUT2D eigenvalue weighted by Gasteiger charge is -2.07. The summed E-state index contributed by atoms with van der Waals surface area (Å²) in [7, 11) is 0. The number of amides is 1. The van der Waals surface area contributed by atoms with Crippen molar-refractivity contribution in [1.82, 2.24) is 5.32 Å². The molecule has 1 aromatic carbocycles. The van der Waals surface area contributed by atoms with Gasteiger partial charge in [0.1, 0.15) is 18.2 Å². The summed E-state index contributed by atoms with van der Waals surface area (Å²) in [5, 5.41) is 2.76. The van der Waals surface area contributed by atoms with E-state index in [9.17, 15) is 9.18 Å². The van der Waals surface area contributed by atoms with Crippen LogP contribution in [0.2, 0.25) is 0 Å². The molecule has 0 aromatic heterocycles. The summed E-state index contributed by atoms with van der Waals surface area (Å²) in [6, 6.07) is 5.93. The zero-order valence-electron chi connectivity index (χ0n) is 11.0. The van der Waals surface area contributed by atoms with Gasteiger partial charge in [-0.1, -0.05) is 12.5 Å². The number of nitrogens with one attached hydrogen (secondary N) is 1. The Kier molecular flexibility index (Phi) is 7.58. The summed E-state index contributed by atoms with van der Waals surface area (Å²) < 4.78 is 18.2. The second kappa shape index (κ2) is 9.33. The van der Waals surface area contributed by atoms with E-state index >= 15 is 0 Å². The highest BCUT2D eigenvalue weighted by molar-refractivity contribution is 5.75. The number of nitrogens with two attached hydrogens (primary N) is 1. The fourth-order valence-corrected chi connectivity index (χ4v) is 1.61. The predicted molar refractivity (Wildman–Crippen MR) is 72.4 cm³/mol. The summed E-state index contributed by atoms with van der Waals surface area (Å²) in [4.78, 5) is 11.4. The van der Waals surface area contributed by atoms with Gasteiger partial charge in [-0.05, 0) is 31.5 Å². The molecule has 0 saturated carbocycles. The SMILES string of the molecule is NCCCCCC(=O)NCCOc1cccc(F)c1. The second-order valence-electron chi connectivity index (χ2n) is 4.26. The van der Waals surface area contributed by atoms with Crippen LogP contribution in [-0.4, -0.2) is 25.6 Å². The number of rotatable bonds is 9. The highest BCUT2D eigenvalue weighted by Crippen LogP contribution is 2.11. The number of ether oxygens (including phenoxy) is 1. The van der Waals surface area contributed by atoms with Gasteiger partial charge >= 0.3 is 0 Å². The zero-order chi connectivity index (χ0) is 13.9. The Morgan fingerprint density at radius 2 is 2.16 bits per heavy atom. The van der Waals surface area contributed by atoms with Gasteiger partial charge in [-0.2, -0.15) is 0 Å². The molecule has 0 atom stereocenters. The lowest BCUT2D eigenvalue weighted by atomic mass is 10.2. The van der Waals surface area contributed by atoms with Gasteiger partial charge in [0, 0.05) is 12.5 Å². The van der Waals surface area contributed by atoms with E-state index in [-0.39, 0.29) is 11.7 Å². The summed E-state index contributed by atoms with van der Waals surface area (Å²) >= 11 is 0. The molecule has 4 nitrogen and oxygen atoms in total. The first-order valence-electron chi connectivity index (χ1n) is 6.57. The standard InChI is InChI=1S/C14H21FN2O2/c15-12-5-4-6-13(11-12)19-10-9-17-14(18)7-2-1-3-8-16/h4-6,11H,1-3,7-10,16H2,(H,17,18). The zero-order valence-corrected chi connectivity index (χ0v) is 11.0. The van der Waals surface area contributed by atoms with E-state index in [1.807, 2.05) is 0 Å². The van der Waals surface area contributed by atoms with Gasteiger partial charge in [-0.25, -0.2) is 4.39 Å². The highest BCUT2D eigenvalue weighted by Gasteiger charge is 2.01. The molecule has 1 amide bonds. The molecule has 0 spiro atoms. The minimum absolute atomic E-state index is 0.0138. The van der Waals surface area contributed by atoms with Crippen LogP contribution in [-0.2, 0) is 4.79 Å². The summed E-state index contributed by atoms with van der Waals surface area (Å²) in [6.07, 6.45) is 3.30. The monoisotopic (exact) mass is 268 g/mol. The number of carbonyl (C=O) groups is 1. The van der Waals surface area contributed by atoms with Crippen molar-refractivity contribution in [2.75, 3.05) is 19.7 Å². The molecular weight excluding hydrogens is 247 g/mol. The Hall–Kier alpha value is -1.62. The number of carbonyl (C=O) groups excluding carboxylic acids is 1. The van der Waals surface area contributed by atoms with Crippen molar-refractivity contribution in [1.29, 1.82) is 0 Å². The minimum atomic E-state index is -0.332. The summed E-state index contributed by atoms with van der Waals surface area (Å²) in [5.74, 6) is 0.151. The number of benzene rings is 1. The number of unbranched alkanes of at least 4 members (excludes halogenated alkanes) is 2. The maximum absolute atomic E-state index is 12.8. The maximum Gasteiger partial charge on any atom is 0.220 e. The summed E-state index contributed by atoms with van der Waals surface area (Å²) in [6.45, 7) is 1.42. The lowest BCUT2D eigenvalue weighted by Crippen LogP contribution is -2.27. The molecule has 0 aliphatic rings. The van der Waals surface area contributed by atoms with Crippen LogP contribution in [0.25, 0.3) is 0 Å². The molecular formula is C14H21FN2O2. The van der Waals surface area contributed by atoms with Crippen molar-refractivity contribution in [3.8, 4) is 5.75 Å². The fraction of sp³-hybridized carbons (Fsp3) is 0.500. The van der Waals surface area contributed by atoms with Gasteiger partial charge in [0.05, 0.1) is 6.54 Å². The number of hydrogen-bond donors (Lipinski definition) is 2. The first-order valence-corrected chi connectivity index (χ1v) is 6.57.